The number of hydroxylamine groups is 1. The van der Waals surface area contributed by atoms with E-state index in [2.05, 4.69) is 10.1 Å². The number of rotatable bonds is 4. The Kier molecular flexibility index (Phi) is 5.71. The number of nitrogens with two attached hydrogens (primary N) is 1. The van der Waals surface area contributed by atoms with Crippen LogP contribution in [0.5, 0.6) is 0 Å². The van der Waals surface area contributed by atoms with E-state index in [0.717, 1.165) is 11.1 Å². The Labute approximate surface area is 161 Å². The van der Waals surface area contributed by atoms with E-state index >= 15 is 0 Å². The number of hydrogen-bond acceptors (Lipinski definition) is 5. The minimum atomic E-state index is 0.0000529. The number of oxime groups is 1. The Hall–Kier alpha value is -3.35. The van der Waals surface area contributed by atoms with Crippen LogP contribution in [-0.4, -0.2) is 22.0 Å². The van der Waals surface area contributed by atoms with Crippen molar-refractivity contribution in [2.75, 3.05) is 5.73 Å². The van der Waals surface area contributed by atoms with Crippen molar-refractivity contribution in [2.24, 2.45) is 10.1 Å². The van der Waals surface area contributed by atoms with Gasteiger partial charge in [-0.05, 0) is 47.5 Å². The fourth-order valence-corrected chi connectivity index (χ4v) is 2.64. The lowest BCUT2D eigenvalue weighted by atomic mass is 10.1. The molecule has 0 saturated carbocycles. The van der Waals surface area contributed by atoms with Crippen LogP contribution < -0.4 is 11.2 Å². The highest BCUT2D eigenvalue weighted by atomic mass is 35.5. The minimum absolute atomic E-state index is 0.0000529. The molecule has 0 fully saturated rings. The van der Waals surface area contributed by atoms with Crippen molar-refractivity contribution < 1.29 is 10.4 Å². The Balaban J connectivity index is 1.88. The average Bonchev–Trinajstić information content (AvgIpc) is 2.70. The number of aliphatic imine (C=N–C) groups is 1. The highest BCUT2D eigenvalue weighted by Gasteiger charge is 2.13. The van der Waals surface area contributed by atoms with Crippen LogP contribution in [0.2, 0.25) is 5.02 Å². The number of anilines is 1. The predicted molar refractivity (Wildman–Crippen MR) is 108 cm³/mol. The third-order valence-corrected chi connectivity index (χ3v) is 4.15. The van der Waals surface area contributed by atoms with Gasteiger partial charge in [-0.2, -0.15) is 0 Å². The van der Waals surface area contributed by atoms with Crippen molar-refractivity contribution in [2.45, 2.75) is 0 Å². The molecular formula is C20H17ClN4O2. The zero-order valence-electron chi connectivity index (χ0n) is 14.2. The van der Waals surface area contributed by atoms with Crippen LogP contribution in [0.15, 0.2) is 82.9 Å². The molecule has 3 aromatic carbocycles. The van der Waals surface area contributed by atoms with E-state index in [1.54, 1.807) is 36.4 Å². The molecule has 5 N–H and O–H groups in total. The van der Waals surface area contributed by atoms with Gasteiger partial charge < -0.3 is 10.9 Å². The van der Waals surface area contributed by atoms with Crippen LogP contribution in [0.4, 0.5) is 11.4 Å². The first-order valence-electron chi connectivity index (χ1n) is 8.04. The second-order valence-corrected chi connectivity index (χ2v) is 6.13. The Morgan fingerprint density at radius 2 is 1.41 bits per heavy atom. The number of nitrogens with one attached hydrogen (secondary N) is 1. The predicted octanol–water partition coefficient (Wildman–Crippen LogP) is 4.48. The molecule has 0 spiro atoms. The molecule has 27 heavy (non-hydrogen) atoms. The fourth-order valence-electron chi connectivity index (χ4n) is 2.51. The van der Waals surface area contributed by atoms with Gasteiger partial charge >= 0.3 is 0 Å². The number of amidine groups is 1. The number of halogens is 1. The fraction of sp³-hybridized carbons (Fsp3) is 0. The zero-order chi connectivity index (χ0) is 19.2. The number of benzene rings is 3. The summed E-state index contributed by atoms with van der Waals surface area (Å²) in [5, 5.41) is 22.6. The van der Waals surface area contributed by atoms with Gasteiger partial charge in [0.2, 0.25) is 0 Å². The SMILES string of the molecule is Nc1ccc(-c2ccc(N=C(NO)/C(=N/O)c3ccc(Cl)cc3)cc2)cc1. The maximum Gasteiger partial charge on any atom is 0.180 e. The van der Waals surface area contributed by atoms with Gasteiger partial charge in [0, 0.05) is 16.3 Å². The summed E-state index contributed by atoms with van der Waals surface area (Å²) in [6, 6.07) is 21.6. The molecule has 0 amide bonds. The molecule has 0 radical (unpaired) electrons. The van der Waals surface area contributed by atoms with Crippen LogP contribution in [-0.2, 0) is 0 Å². The molecular weight excluding hydrogens is 364 g/mol. The van der Waals surface area contributed by atoms with Gasteiger partial charge in [0.1, 0.15) is 0 Å². The van der Waals surface area contributed by atoms with Crippen molar-refractivity contribution in [3.8, 4) is 11.1 Å². The van der Waals surface area contributed by atoms with Crippen molar-refractivity contribution in [3.05, 3.63) is 83.4 Å². The minimum Gasteiger partial charge on any atom is -0.410 e. The van der Waals surface area contributed by atoms with Crippen LogP contribution in [0, 0.1) is 0 Å². The Bertz CT molecular complexity index is 966. The van der Waals surface area contributed by atoms with Crippen molar-refractivity contribution in [3.63, 3.8) is 0 Å². The van der Waals surface area contributed by atoms with E-state index in [4.69, 9.17) is 17.3 Å². The number of nitrogens with zero attached hydrogens (tertiary/aromatic N) is 2. The van der Waals surface area contributed by atoms with E-state index < -0.39 is 0 Å². The zero-order valence-corrected chi connectivity index (χ0v) is 14.9. The molecule has 7 heteroatoms. The highest BCUT2D eigenvalue weighted by Crippen LogP contribution is 2.24. The van der Waals surface area contributed by atoms with Gasteiger partial charge in [-0.15, -0.1) is 0 Å². The van der Waals surface area contributed by atoms with Crippen molar-refractivity contribution in [1.82, 2.24) is 5.48 Å². The molecule has 3 rings (SSSR count). The van der Waals surface area contributed by atoms with Gasteiger partial charge in [-0.3, -0.25) is 10.7 Å². The molecule has 0 bridgehead atoms. The lowest BCUT2D eigenvalue weighted by Crippen LogP contribution is -2.29. The molecule has 0 atom stereocenters. The molecule has 0 aliphatic rings. The van der Waals surface area contributed by atoms with Crippen LogP contribution >= 0.6 is 11.6 Å². The first-order chi connectivity index (χ1) is 13.1. The molecule has 0 saturated heterocycles. The van der Waals surface area contributed by atoms with Crippen molar-refractivity contribution in [1.29, 1.82) is 0 Å². The first kappa shape index (κ1) is 18.4. The highest BCUT2D eigenvalue weighted by molar-refractivity contribution is 6.47. The van der Waals surface area contributed by atoms with Gasteiger partial charge in [-0.1, -0.05) is 53.2 Å². The lowest BCUT2D eigenvalue weighted by Gasteiger charge is -2.08. The van der Waals surface area contributed by atoms with Gasteiger partial charge in [-0.25, -0.2) is 4.99 Å². The Morgan fingerprint density at radius 1 is 0.852 bits per heavy atom. The van der Waals surface area contributed by atoms with E-state index in [0.29, 0.717) is 22.0 Å². The normalized spacial score (nSPS) is 12.1. The largest absolute Gasteiger partial charge is 0.410 e. The third-order valence-electron chi connectivity index (χ3n) is 3.90. The third kappa shape index (κ3) is 4.44. The van der Waals surface area contributed by atoms with E-state index in [9.17, 15) is 10.4 Å². The summed E-state index contributed by atoms with van der Waals surface area (Å²) in [6.45, 7) is 0. The second-order valence-electron chi connectivity index (χ2n) is 5.70. The number of hydrogen-bond donors (Lipinski definition) is 4. The standard InChI is InChI=1S/C20H17ClN4O2/c21-16-7-1-15(2-8-16)19(24-26)20(25-27)23-18-11-5-14(6-12-18)13-3-9-17(22)10-4-13/h1-12,26-27H,22H2,(H,23,25)/b24-19+. The summed E-state index contributed by atoms with van der Waals surface area (Å²) in [4.78, 5) is 4.31. The van der Waals surface area contributed by atoms with Gasteiger partial charge in [0.25, 0.3) is 0 Å². The quantitative estimate of drug-likeness (QED) is 0.176. The van der Waals surface area contributed by atoms with Gasteiger partial charge in [0.05, 0.1) is 5.69 Å². The van der Waals surface area contributed by atoms with Gasteiger partial charge in [0.15, 0.2) is 11.5 Å². The smallest absolute Gasteiger partial charge is 0.180 e. The summed E-state index contributed by atoms with van der Waals surface area (Å²) < 4.78 is 0. The first-order valence-corrected chi connectivity index (χ1v) is 8.41. The van der Waals surface area contributed by atoms with Crippen LogP contribution in [0.25, 0.3) is 11.1 Å². The molecule has 0 unspecified atom stereocenters. The molecule has 0 aromatic heterocycles. The molecule has 6 nitrogen and oxygen atoms in total. The lowest BCUT2D eigenvalue weighted by molar-refractivity contribution is 0.236. The second kappa shape index (κ2) is 8.35. The van der Waals surface area contributed by atoms with E-state index in [1.807, 2.05) is 41.9 Å². The van der Waals surface area contributed by atoms with E-state index in [1.165, 1.54) is 0 Å². The summed E-state index contributed by atoms with van der Waals surface area (Å²) in [5.74, 6) is 0.0000529. The van der Waals surface area contributed by atoms with E-state index in [-0.39, 0.29) is 11.5 Å². The summed E-state index contributed by atoms with van der Waals surface area (Å²) >= 11 is 5.87. The maximum absolute atomic E-state index is 9.45. The summed E-state index contributed by atoms with van der Waals surface area (Å²) in [6.07, 6.45) is 0. The summed E-state index contributed by atoms with van der Waals surface area (Å²) in [7, 11) is 0. The summed E-state index contributed by atoms with van der Waals surface area (Å²) in [5.41, 5.74) is 11.6. The molecule has 0 aliphatic heterocycles. The van der Waals surface area contributed by atoms with Crippen LogP contribution in [0.3, 0.4) is 0 Å². The topological polar surface area (TPSA) is 103 Å². The molecule has 0 aliphatic carbocycles. The van der Waals surface area contributed by atoms with Crippen molar-refractivity contribution >= 4 is 34.5 Å². The van der Waals surface area contributed by atoms with Crippen LogP contribution in [0.1, 0.15) is 5.56 Å². The monoisotopic (exact) mass is 380 g/mol. The maximum atomic E-state index is 9.45. The Morgan fingerprint density at radius 3 is 1.93 bits per heavy atom. The molecule has 136 valence electrons. The average molecular weight is 381 g/mol. The molecule has 3 aromatic rings. The number of nitrogen functional groups attached to an aromatic ring is 1. The molecule has 0 heterocycles.